The second-order valence-electron chi connectivity index (χ2n) is 8.30. The predicted molar refractivity (Wildman–Crippen MR) is 141 cm³/mol. The van der Waals surface area contributed by atoms with E-state index >= 15 is 0 Å². The molecule has 7 nitrogen and oxygen atoms in total. The Morgan fingerprint density at radius 2 is 1.83 bits per heavy atom. The zero-order valence-electron chi connectivity index (χ0n) is 20.1. The monoisotopic (exact) mass is 488 g/mol. The third-order valence-electron chi connectivity index (χ3n) is 5.95. The van der Waals surface area contributed by atoms with Crippen LogP contribution in [0.25, 0.3) is 21.3 Å². The molecule has 0 radical (unpaired) electrons. The van der Waals surface area contributed by atoms with Crippen molar-refractivity contribution in [1.29, 1.82) is 0 Å². The van der Waals surface area contributed by atoms with Crippen LogP contribution in [0.4, 0.5) is 5.69 Å². The van der Waals surface area contributed by atoms with Crippen LogP contribution in [0.1, 0.15) is 36.2 Å². The van der Waals surface area contributed by atoms with Crippen molar-refractivity contribution >= 4 is 39.1 Å². The summed E-state index contributed by atoms with van der Waals surface area (Å²) >= 11 is 1.44. The number of nitrogens with zero attached hydrogens (tertiary/aromatic N) is 3. The first-order chi connectivity index (χ1) is 16.9. The van der Waals surface area contributed by atoms with Crippen molar-refractivity contribution in [2.45, 2.75) is 33.7 Å². The van der Waals surface area contributed by atoms with E-state index in [1.807, 2.05) is 50.4 Å². The first kappa shape index (κ1) is 24.3. The van der Waals surface area contributed by atoms with E-state index in [-0.39, 0.29) is 30.3 Å². The fourth-order valence-corrected chi connectivity index (χ4v) is 4.85. The lowest BCUT2D eigenvalue weighted by Crippen LogP contribution is -2.30. The summed E-state index contributed by atoms with van der Waals surface area (Å²) in [5.74, 6) is -0.314. The van der Waals surface area contributed by atoms with Crippen LogP contribution in [0.15, 0.2) is 65.0 Å². The Labute approximate surface area is 208 Å². The van der Waals surface area contributed by atoms with Crippen molar-refractivity contribution in [3.8, 4) is 11.1 Å². The fraction of sp³-hybridized carbons (Fsp3) is 0.259. The van der Waals surface area contributed by atoms with Gasteiger partial charge < -0.3 is 10.2 Å². The molecule has 2 aromatic heterocycles. The van der Waals surface area contributed by atoms with E-state index in [0.717, 1.165) is 16.7 Å². The molecule has 0 fully saturated rings. The molecule has 0 aliphatic rings. The molecule has 35 heavy (non-hydrogen) atoms. The highest BCUT2D eigenvalue weighted by atomic mass is 32.1. The van der Waals surface area contributed by atoms with Gasteiger partial charge in [-0.15, -0.1) is 11.3 Å². The first-order valence-electron chi connectivity index (χ1n) is 11.6. The number of rotatable bonds is 8. The standard InChI is InChI=1S/C27H28N4O3S/c1-4-30(5-2)26(33)20-7-6-8-21(15-20)29-23(32)13-14-31-17-28-25-24(27(31)34)22(16-35-25)19-11-9-18(3)10-12-19/h6-12,15-17H,4-5,13-14H2,1-3H3,(H,29,32). The van der Waals surface area contributed by atoms with E-state index in [2.05, 4.69) is 10.3 Å². The van der Waals surface area contributed by atoms with Gasteiger partial charge in [-0.2, -0.15) is 0 Å². The van der Waals surface area contributed by atoms with Gasteiger partial charge in [0.05, 0.1) is 11.7 Å². The molecular formula is C27H28N4O3S. The maximum Gasteiger partial charge on any atom is 0.262 e. The molecule has 2 amide bonds. The molecule has 0 spiro atoms. The normalized spacial score (nSPS) is 10.9. The molecule has 2 heterocycles. The maximum absolute atomic E-state index is 13.2. The molecule has 0 unspecified atom stereocenters. The minimum Gasteiger partial charge on any atom is -0.339 e. The zero-order chi connectivity index (χ0) is 24.9. The van der Waals surface area contributed by atoms with Gasteiger partial charge in [-0.1, -0.05) is 35.9 Å². The minimum absolute atomic E-state index is 0.0721. The minimum atomic E-state index is -0.242. The number of fused-ring (bicyclic) bond motifs is 1. The van der Waals surface area contributed by atoms with Crippen LogP contribution in [0.5, 0.6) is 0 Å². The summed E-state index contributed by atoms with van der Waals surface area (Å²) in [5, 5.41) is 5.36. The smallest absolute Gasteiger partial charge is 0.262 e. The van der Waals surface area contributed by atoms with Crippen molar-refractivity contribution in [2.24, 2.45) is 0 Å². The van der Waals surface area contributed by atoms with E-state index in [1.165, 1.54) is 22.2 Å². The maximum atomic E-state index is 13.2. The van der Waals surface area contributed by atoms with Crippen molar-refractivity contribution in [3.63, 3.8) is 0 Å². The van der Waals surface area contributed by atoms with Gasteiger partial charge in [-0.05, 0) is 44.5 Å². The van der Waals surface area contributed by atoms with E-state index in [9.17, 15) is 14.4 Å². The summed E-state index contributed by atoms with van der Waals surface area (Å²) < 4.78 is 1.48. The number of hydrogen-bond acceptors (Lipinski definition) is 5. The summed E-state index contributed by atoms with van der Waals surface area (Å²) in [7, 11) is 0. The largest absolute Gasteiger partial charge is 0.339 e. The van der Waals surface area contributed by atoms with Crippen molar-refractivity contribution in [2.75, 3.05) is 18.4 Å². The van der Waals surface area contributed by atoms with Crippen LogP contribution >= 0.6 is 11.3 Å². The molecule has 180 valence electrons. The predicted octanol–water partition coefficient (Wildman–Crippen LogP) is 4.94. The van der Waals surface area contributed by atoms with Crippen LogP contribution in [0.2, 0.25) is 0 Å². The quantitative estimate of drug-likeness (QED) is 0.381. The van der Waals surface area contributed by atoms with Gasteiger partial charge in [0, 0.05) is 48.2 Å². The molecule has 0 saturated heterocycles. The number of aromatic nitrogens is 2. The van der Waals surface area contributed by atoms with Crippen LogP contribution in [-0.4, -0.2) is 39.4 Å². The Kier molecular flexibility index (Phi) is 7.41. The first-order valence-corrected chi connectivity index (χ1v) is 12.5. The molecule has 1 N–H and O–H groups in total. The Bertz CT molecular complexity index is 1420. The Balaban J connectivity index is 1.48. The van der Waals surface area contributed by atoms with Crippen molar-refractivity contribution in [3.05, 3.63) is 81.7 Å². The molecule has 4 rings (SSSR count). The number of anilines is 1. The number of carbonyl (C=O) groups is 2. The average molecular weight is 489 g/mol. The van der Waals surface area contributed by atoms with Gasteiger partial charge in [-0.25, -0.2) is 4.98 Å². The molecule has 0 aliphatic heterocycles. The fourth-order valence-electron chi connectivity index (χ4n) is 3.94. The molecule has 0 atom stereocenters. The average Bonchev–Trinajstić information content (AvgIpc) is 3.30. The molecule has 0 bridgehead atoms. The number of nitrogens with one attached hydrogen (secondary N) is 1. The Morgan fingerprint density at radius 1 is 1.09 bits per heavy atom. The van der Waals surface area contributed by atoms with Gasteiger partial charge in [0.15, 0.2) is 0 Å². The number of hydrogen-bond donors (Lipinski definition) is 1. The SMILES string of the molecule is CCN(CC)C(=O)c1cccc(NC(=O)CCn2cnc3scc(-c4ccc(C)cc4)c3c2=O)c1. The molecule has 2 aromatic carbocycles. The zero-order valence-corrected chi connectivity index (χ0v) is 20.9. The number of thiophene rings is 1. The molecular weight excluding hydrogens is 460 g/mol. The third kappa shape index (κ3) is 5.33. The number of aryl methyl sites for hydroxylation is 2. The highest BCUT2D eigenvalue weighted by molar-refractivity contribution is 7.17. The van der Waals surface area contributed by atoms with Gasteiger partial charge in [-0.3, -0.25) is 19.0 Å². The number of carbonyl (C=O) groups excluding carboxylic acids is 2. The number of amides is 2. The summed E-state index contributed by atoms with van der Waals surface area (Å²) in [4.78, 5) is 45.3. The lowest BCUT2D eigenvalue weighted by molar-refractivity contribution is -0.116. The molecule has 8 heteroatoms. The highest BCUT2D eigenvalue weighted by Crippen LogP contribution is 2.30. The lowest BCUT2D eigenvalue weighted by atomic mass is 10.1. The highest BCUT2D eigenvalue weighted by Gasteiger charge is 2.15. The lowest BCUT2D eigenvalue weighted by Gasteiger charge is -2.19. The summed E-state index contributed by atoms with van der Waals surface area (Å²) in [6.45, 7) is 7.33. The van der Waals surface area contributed by atoms with E-state index < -0.39 is 0 Å². The van der Waals surface area contributed by atoms with Gasteiger partial charge >= 0.3 is 0 Å². The van der Waals surface area contributed by atoms with E-state index in [1.54, 1.807) is 29.2 Å². The number of benzene rings is 2. The van der Waals surface area contributed by atoms with Crippen LogP contribution < -0.4 is 10.9 Å². The van der Waals surface area contributed by atoms with E-state index in [0.29, 0.717) is 34.6 Å². The van der Waals surface area contributed by atoms with Crippen molar-refractivity contribution in [1.82, 2.24) is 14.5 Å². The van der Waals surface area contributed by atoms with Crippen LogP contribution in [-0.2, 0) is 11.3 Å². The molecule has 0 saturated carbocycles. The molecule has 0 aliphatic carbocycles. The third-order valence-corrected chi connectivity index (χ3v) is 6.83. The van der Waals surface area contributed by atoms with Crippen molar-refractivity contribution < 1.29 is 9.59 Å². The molecule has 4 aromatic rings. The summed E-state index contributed by atoms with van der Waals surface area (Å²) in [6.07, 6.45) is 1.60. The summed E-state index contributed by atoms with van der Waals surface area (Å²) in [5.41, 5.74) is 3.89. The van der Waals surface area contributed by atoms with Crippen LogP contribution in [0.3, 0.4) is 0 Å². The topological polar surface area (TPSA) is 84.3 Å². The van der Waals surface area contributed by atoms with E-state index in [4.69, 9.17) is 0 Å². The summed E-state index contributed by atoms with van der Waals surface area (Å²) in [6, 6.07) is 14.9. The Morgan fingerprint density at radius 3 is 2.54 bits per heavy atom. The van der Waals surface area contributed by atoms with Gasteiger partial charge in [0.2, 0.25) is 5.91 Å². The Hall–Kier alpha value is -3.78. The van der Waals surface area contributed by atoms with Gasteiger partial charge in [0.25, 0.3) is 11.5 Å². The second kappa shape index (κ2) is 10.7. The second-order valence-corrected chi connectivity index (χ2v) is 9.15. The van der Waals surface area contributed by atoms with Crippen LogP contribution in [0, 0.1) is 6.92 Å². The van der Waals surface area contributed by atoms with Gasteiger partial charge in [0.1, 0.15) is 4.83 Å².